The molecule has 0 bridgehead atoms. The predicted molar refractivity (Wildman–Crippen MR) is 110 cm³/mol. The third-order valence-electron chi connectivity index (χ3n) is 3.91. The summed E-state index contributed by atoms with van der Waals surface area (Å²) in [6.45, 7) is 1.83. The molecule has 3 amide bonds. The number of ether oxygens (including phenoxy) is 2. The van der Waals surface area contributed by atoms with Crippen LogP contribution in [-0.2, 0) is 14.4 Å². The molecule has 1 fully saturated rings. The Balaban J connectivity index is 1.94. The van der Waals surface area contributed by atoms with Gasteiger partial charge in [0, 0.05) is 0 Å². The molecular weight excluding hydrogens is 442 g/mol. The van der Waals surface area contributed by atoms with Gasteiger partial charge in [-0.2, -0.15) is 0 Å². The molecule has 0 aliphatic carbocycles. The number of benzene rings is 2. The van der Waals surface area contributed by atoms with E-state index in [1.165, 1.54) is 11.1 Å². The number of rotatable bonds is 7. The van der Waals surface area contributed by atoms with Gasteiger partial charge in [0.05, 0.1) is 16.8 Å². The van der Waals surface area contributed by atoms with Crippen molar-refractivity contribution in [3.8, 4) is 11.5 Å². The molecule has 1 heterocycles. The number of nitrogens with one attached hydrogen (secondary N) is 1. The van der Waals surface area contributed by atoms with Gasteiger partial charge in [-0.3, -0.25) is 19.8 Å². The van der Waals surface area contributed by atoms with Crippen LogP contribution in [0.25, 0.3) is 6.08 Å². The fourth-order valence-electron chi connectivity index (χ4n) is 2.70. The van der Waals surface area contributed by atoms with Gasteiger partial charge in [0.1, 0.15) is 5.57 Å². The van der Waals surface area contributed by atoms with Gasteiger partial charge in [-0.25, -0.2) is 5.01 Å². The van der Waals surface area contributed by atoms with Gasteiger partial charge in [-0.15, -0.1) is 0 Å². The molecule has 0 atom stereocenters. The first kappa shape index (κ1) is 20.4. The molecule has 1 aliphatic heterocycles. The Kier molecular flexibility index (Phi) is 6.18. The number of nitrogens with two attached hydrogens (primary N) is 1. The van der Waals surface area contributed by atoms with Gasteiger partial charge >= 0.3 is 0 Å². The number of halogens is 1. The molecule has 0 spiro atoms. The largest absolute Gasteiger partial charge is 0.490 e. The van der Waals surface area contributed by atoms with Crippen molar-refractivity contribution in [3.05, 3.63) is 58.1 Å². The highest BCUT2D eigenvalue weighted by Crippen LogP contribution is 2.37. The lowest BCUT2D eigenvalue weighted by atomic mass is 10.1. The van der Waals surface area contributed by atoms with Crippen LogP contribution in [0.1, 0.15) is 12.5 Å². The smallest absolute Gasteiger partial charge is 0.282 e. The topological polar surface area (TPSA) is 111 Å². The summed E-state index contributed by atoms with van der Waals surface area (Å²) < 4.78 is 11.5. The summed E-state index contributed by atoms with van der Waals surface area (Å²) >= 11 is 3.36. The molecule has 0 unspecified atom stereocenters. The second-order valence-electron chi connectivity index (χ2n) is 5.99. The Morgan fingerprint density at radius 2 is 1.93 bits per heavy atom. The summed E-state index contributed by atoms with van der Waals surface area (Å²) in [5.41, 5.74) is 8.75. The van der Waals surface area contributed by atoms with Crippen LogP contribution in [0.4, 0.5) is 5.69 Å². The first-order valence-corrected chi connectivity index (χ1v) is 9.49. The minimum atomic E-state index is -0.625. The van der Waals surface area contributed by atoms with E-state index in [-0.39, 0.29) is 12.2 Å². The Hall–Kier alpha value is -3.33. The van der Waals surface area contributed by atoms with E-state index in [0.717, 1.165) is 0 Å². The van der Waals surface area contributed by atoms with Crippen molar-refractivity contribution in [1.29, 1.82) is 0 Å². The second-order valence-corrected chi connectivity index (χ2v) is 6.85. The first-order chi connectivity index (χ1) is 13.9. The van der Waals surface area contributed by atoms with Crippen molar-refractivity contribution in [1.82, 2.24) is 5.43 Å². The molecule has 2 aromatic carbocycles. The van der Waals surface area contributed by atoms with E-state index < -0.39 is 17.7 Å². The summed E-state index contributed by atoms with van der Waals surface area (Å²) in [7, 11) is 0. The Morgan fingerprint density at radius 3 is 2.59 bits per heavy atom. The molecule has 3 N–H and O–H groups in total. The lowest BCUT2D eigenvalue weighted by Gasteiger charge is -2.14. The molecule has 29 heavy (non-hydrogen) atoms. The molecule has 0 aromatic heterocycles. The zero-order valence-electron chi connectivity index (χ0n) is 15.5. The normalized spacial score (nSPS) is 14.8. The summed E-state index contributed by atoms with van der Waals surface area (Å²) in [5.74, 6) is -0.951. The highest BCUT2D eigenvalue weighted by molar-refractivity contribution is 9.10. The maximum absolute atomic E-state index is 12.7. The van der Waals surface area contributed by atoms with E-state index in [1.807, 2.05) is 6.07 Å². The molecule has 0 saturated carbocycles. The van der Waals surface area contributed by atoms with E-state index in [4.69, 9.17) is 15.2 Å². The Morgan fingerprint density at radius 1 is 1.21 bits per heavy atom. The van der Waals surface area contributed by atoms with Gasteiger partial charge in [0.2, 0.25) is 0 Å². The van der Waals surface area contributed by atoms with Crippen LogP contribution in [0.2, 0.25) is 0 Å². The maximum atomic E-state index is 12.7. The number of amides is 3. The van der Waals surface area contributed by atoms with Crippen molar-refractivity contribution < 1.29 is 23.9 Å². The standard InChI is InChI=1S/C20H18BrN3O5/c1-2-28-16-10-12(9-15(21)18(16)29-11-17(22)25)8-14-19(26)23-24(20(14)27)13-6-4-3-5-7-13/h3-10H,2,11H2,1H3,(H2,22,25)(H,23,26). The van der Waals surface area contributed by atoms with Gasteiger partial charge < -0.3 is 15.2 Å². The van der Waals surface area contributed by atoms with Crippen molar-refractivity contribution in [2.24, 2.45) is 5.73 Å². The summed E-state index contributed by atoms with van der Waals surface area (Å²) in [6, 6.07) is 12.1. The van der Waals surface area contributed by atoms with Gasteiger partial charge in [0.25, 0.3) is 17.7 Å². The van der Waals surface area contributed by atoms with Crippen molar-refractivity contribution in [2.45, 2.75) is 6.92 Å². The van der Waals surface area contributed by atoms with Crippen LogP contribution < -0.4 is 25.6 Å². The Bertz CT molecular complexity index is 991. The third-order valence-corrected chi connectivity index (χ3v) is 4.50. The average Bonchev–Trinajstić information content (AvgIpc) is 2.96. The zero-order valence-corrected chi connectivity index (χ0v) is 17.1. The maximum Gasteiger partial charge on any atom is 0.282 e. The fourth-order valence-corrected chi connectivity index (χ4v) is 3.27. The molecule has 3 rings (SSSR count). The lowest BCUT2D eigenvalue weighted by Crippen LogP contribution is -2.35. The number of carbonyl (C=O) groups excluding carboxylic acids is 3. The molecule has 9 heteroatoms. The minimum absolute atomic E-state index is 0.0194. The van der Waals surface area contributed by atoms with Crippen molar-refractivity contribution in [3.63, 3.8) is 0 Å². The Labute approximate surface area is 175 Å². The lowest BCUT2D eigenvalue weighted by molar-refractivity contribution is -0.120. The van der Waals surface area contributed by atoms with E-state index in [1.54, 1.807) is 43.3 Å². The number of nitrogens with zero attached hydrogens (tertiary/aromatic N) is 1. The second kappa shape index (κ2) is 8.78. The quantitative estimate of drug-likeness (QED) is 0.486. The molecular formula is C20H18BrN3O5. The third kappa shape index (κ3) is 4.57. The number of hydrogen-bond acceptors (Lipinski definition) is 5. The highest BCUT2D eigenvalue weighted by atomic mass is 79.9. The first-order valence-electron chi connectivity index (χ1n) is 8.70. The number of hydrazine groups is 1. The predicted octanol–water partition coefficient (Wildman–Crippen LogP) is 2.17. The minimum Gasteiger partial charge on any atom is -0.490 e. The number of anilines is 1. The average molecular weight is 460 g/mol. The van der Waals surface area contributed by atoms with Crippen LogP contribution >= 0.6 is 15.9 Å². The van der Waals surface area contributed by atoms with Crippen molar-refractivity contribution in [2.75, 3.05) is 18.2 Å². The van der Waals surface area contributed by atoms with Gasteiger partial charge in [-0.1, -0.05) is 18.2 Å². The number of carbonyl (C=O) groups is 3. The molecule has 2 aromatic rings. The fraction of sp³-hybridized carbons (Fsp3) is 0.150. The van der Waals surface area contributed by atoms with Crippen LogP contribution in [0, 0.1) is 0 Å². The highest BCUT2D eigenvalue weighted by Gasteiger charge is 2.34. The molecule has 1 aliphatic rings. The number of primary amides is 1. The zero-order chi connectivity index (χ0) is 21.0. The summed E-state index contributed by atoms with van der Waals surface area (Å²) in [4.78, 5) is 36.1. The van der Waals surface area contributed by atoms with Crippen LogP contribution in [-0.4, -0.2) is 30.9 Å². The SMILES string of the molecule is CCOc1cc(C=C2C(=O)NN(c3ccccc3)C2=O)cc(Br)c1OCC(N)=O. The van der Waals surface area contributed by atoms with E-state index in [2.05, 4.69) is 21.4 Å². The van der Waals surface area contributed by atoms with E-state index >= 15 is 0 Å². The van der Waals surface area contributed by atoms with E-state index in [9.17, 15) is 14.4 Å². The van der Waals surface area contributed by atoms with Crippen molar-refractivity contribution >= 4 is 45.4 Å². The molecule has 8 nitrogen and oxygen atoms in total. The molecule has 150 valence electrons. The van der Waals surface area contributed by atoms with Crippen LogP contribution in [0.15, 0.2) is 52.5 Å². The number of hydrogen-bond donors (Lipinski definition) is 2. The summed E-state index contributed by atoms with van der Waals surface area (Å²) in [5, 5.41) is 1.19. The van der Waals surface area contributed by atoms with E-state index in [0.29, 0.717) is 33.8 Å². The molecule has 1 saturated heterocycles. The van der Waals surface area contributed by atoms with Gasteiger partial charge in [-0.05, 0) is 58.8 Å². The monoisotopic (exact) mass is 459 g/mol. The van der Waals surface area contributed by atoms with Crippen LogP contribution in [0.5, 0.6) is 11.5 Å². The summed E-state index contributed by atoms with van der Waals surface area (Å²) in [6.07, 6.45) is 1.46. The number of para-hydroxylation sites is 1. The molecule has 0 radical (unpaired) electrons. The van der Waals surface area contributed by atoms with Crippen LogP contribution in [0.3, 0.4) is 0 Å². The van der Waals surface area contributed by atoms with Gasteiger partial charge in [0.15, 0.2) is 18.1 Å².